The first-order valence-electron chi connectivity index (χ1n) is 10.3. The molecule has 3 aromatic rings. The third kappa shape index (κ3) is 5.26. The van der Waals surface area contributed by atoms with E-state index in [2.05, 4.69) is 15.3 Å². The van der Waals surface area contributed by atoms with Crippen LogP contribution in [-0.4, -0.2) is 59.2 Å². The van der Waals surface area contributed by atoms with Gasteiger partial charge in [0.15, 0.2) is 5.65 Å². The molecule has 0 amide bonds. The Morgan fingerprint density at radius 2 is 1.73 bits per heavy atom. The molecule has 1 aromatic carbocycles. The van der Waals surface area contributed by atoms with E-state index in [0.717, 1.165) is 5.75 Å². The highest BCUT2D eigenvalue weighted by molar-refractivity contribution is 5.72. The zero-order valence-electron chi connectivity index (χ0n) is 17.8. The summed E-state index contributed by atoms with van der Waals surface area (Å²) in [5, 5.41) is 10.7. The molecule has 0 saturated carbocycles. The van der Waals surface area contributed by atoms with Gasteiger partial charge in [0.2, 0.25) is 0 Å². The largest absolute Gasteiger partial charge is 0.497 e. The maximum Gasteiger partial charge on any atom is 0.453 e. The fraction of sp³-hybridized carbons (Fsp3) is 0.429. The number of halogens is 3. The van der Waals surface area contributed by atoms with Gasteiger partial charge in [-0.3, -0.25) is 4.79 Å². The number of nitrogens with zero attached hydrogens (tertiary/aromatic N) is 5. The first-order chi connectivity index (χ1) is 15.8. The summed E-state index contributed by atoms with van der Waals surface area (Å²) in [5.41, 5.74) is 0.0152. The molecule has 0 unspecified atom stereocenters. The number of hydrogen-bond donors (Lipinski definition) is 0. The Kier molecular flexibility index (Phi) is 6.52. The van der Waals surface area contributed by atoms with Crippen molar-refractivity contribution in [3.63, 3.8) is 0 Å². The second kappa shape index (κ2) is 9.51. The van der Waals surface area contributed by atoms with Gasteiger partial charge in [-0.15, -0.1) is 15.3 Å². The predicted octanol–water partition coefficient (Wildman–Crippen LogP) is 2.99. The topological polar surface area (TPSA) is 91.1 Å². The molecule has 0 bridgehead atoms. The van der Waals surface area contributed by atoms with Crippen LogP contribution in [0.5, 0.6) is 11.5 Å². The van der Waals surface area contributed by atoms with E-state index in [-0.39, 0.29) is 30.7 Å². The Morgan fingerprint density at radius 3 is 2.39 bits per heavy atom. The summed E-state index contributed by atoms with van der Waals surface area (Å²) in [6.07, 6.45) is -3.64. The quantitative estimate of drug-likeness (QED) is 0.389. The molecule has 9 nitrogen and oxygen atoms in total. The second-order valence-electron chi connectivity index (χ2n) is 7.44. The number of benzene rings is 1. The van der Waals surface area contributed by atoms with E-state index in [1.54, 1.807) is 37.4 Å². The molecule has 33 heavy (non-hydrogen) atoms. The van der Waals surface area contributed by atoms with Crippen LogP contribution >= 0.6 is 0 Å². The number of piperidine rings is 1. The van der Waals surface area contributed by atoms with Gasteiger partial charge in [0.05, 0.1) is 13.0 Å². The number of alkyl halides is 3. The van der Waals surface area contributed by atoms with Crippen LogP contribution in [0.3, 0.4) is 0 Å². The number of rotatable bonds is 7. The number of anilines is 1. The molecular weight excluding hydrogens is 443 g/mol. The van der Waals surface area contributed by atoms with Crippen molar-refractivity contribution in [1.82, 2.24) is 19.8 Å². The van der Waals surface area contributed by atoms with Crippen LogP contribution in [0.25, 0.3) is 5.65 Å². The van der Waals surface area contributed by atoms with Gasteiger partial charge in [0.1, 0.15) is 30.5 Å². The molecule has 0 spiro atoms. The highest BCUT2D eigenvalue weighted by atomic mass is 19.4. The van der Waals surface area contributed by atoms with Crippen molar-refractivity contribution in [2.75, 3.05) is 38.3 Å². The lowest BCUT2D eigenvalue weighted by Crippen LogP contribution is -2.38. The third-order valence-corrected chi connectivity index (χ3v) is 5.31. The third-order valence-electron chi connectivity index (χ3n) is 5.31. The number of carbonyl (C=O) groups is 1. The zero-order chi connectivity index (χ0) is 23.4. The monoisotopic (exact) mass is 465 g/mol. The first kappa shape index (κ1) is 22.6. The molecule has 0 aliphatic carbocycles. The highest BCUT2D eigenvalue weighted by Gasteiger charge is 2.38. The van der Waals surface area contributed by atoms with Crippen molar-refractivity contribution < 1.29 is 32.2 Å². The van der Waals surface area contributed by atoms with Crippen molar-refractivity contribution in [1.29, 1.82) is 0 Å². The second-order valence-corrected chi connectivity index (χ2v) is 7.44. The lowest BCUT2D eigenvalue weighted by Gasteiger charge is -2.31. The lowest BCUT2D eigenvalue weighted by molar-refractivity contribution is -0.150. The van der Waals surface area contributed by atoms with Crippen LogP contribution in [0.2, 0.25) is 0 Å². The van der Waals surface area contributed by atoms with Crippen LogP contribution in [0, 0.1) is 5.92 Å². The Labute approximate surface area is 187 Å². The number of ether oxygens (including phenoxy) is 3. The van der Waals surface area contributed by atoms with E-state index in [1.807, 2.05) is 4.90 Å². The Balaban J connectivity index is 1.25. The summed E-state index contributed by atoms with van der Waals surface area (Å²) in [6, 6.07) is 10.1. The summed E-state index contributed by atoms with van der Waals surface area (Å²) in [4.78, 5) is 14.2. The first-order valence-corrected chi connectivity index (χ1v) is 10.3. The molecule has 0 radical (unpaired) electrons. The van der Waals surface area contributed by atoms with E-state index in [9.17, 15) is 18.0 Å². The fourth-order valence-corrected chi connectivity index (χ4v) is 3.56. The standard InChI is InChI=1S/C21H22F3N5O4/c1-31-15-2-4-16(5-3-15)32-12-13-33-19(30)14-8-10-28(11-9-14)18-7-6-17-25-26-20(21(22,23)24)29(17)27-18/h2-7,14H,8-13H2,1H3. The Morgan fingerprint density at radius 1 is 1.03 bits per heavy atom. The molecule has 1 saturated heterocycles. The van der Waals surface area contributed by atoms with Gasteiger partial charge in [0.25, 0.3) is 5.82 Å². The predicted molar refractivity (Wildman–Crippen MR) is 110 cm³/mol. The summed E-state index contributed by atoms with van der Waals surface area (Å²) in [6.45, 7) is 1.27. The normalized spacial score (nSPS) is 15.0. The average molecular weight is 465 g/mol. The minimum absolute atomic E-state index is 0.0152. The van der Waals surface area contributed by atoms with E-state index < -0.39 is 12.0 Å². The molecule has 1 fully saturated rings. The fourth-order valence-electron chi connectivity index (χ4n) is 3.56. The summed E-state index contributed by atoms with van der Waals surface area (Å²) in [7, 11) is 1.58. The SMILES string of the molecule is COc1ccc(OCCOC(=O)C2CCN(c3ccc4nnc(C(F)(F)F)n4n3)CC2)cc1. The van der Waals surface area contributed by atoms with Crippen molar-refractivity contribution in [3.05, 3.63) is 42.2 Å². The molecule has 4 rings (SSSR count). The van der Waals surface area contributed by atoms with Gasteiger partial charge in [-0.2, -0.15) is 17.7 Å². The van der Waals surface area contributed by atoms with Gasteiger partial charge in [-0.1, -0.05) is 0 Å². The van der Waals surface area contributed by atoms with Crippen LogP contribution in [0.4, 0.5) is 19.0 Å². The van der Waals surface area contributed by atoms with Crippen molar-refractivity contribution in [2.24, 2.45) is 5.92 Å². The number of fused-ring (bicyclic) bond motifs is 1. The molecule has 2 aromatic heterocycles. The van der Waals surface area contributed by atoms with Crippen molar-refractivity contribution in [3.8, 4) is 11.5 Å². The van der Waals surface area contributed by atoms with Gasteiger partial charge in [-0.05, 0) is 49.2 Å². The van der Waals surface area contributed by atoms with Crippen LogP contribution in [-0.2, 0) is 15.7 Å². The molecule has 1 aliphatic rings. The smallest absolute Gasteiger partial charge is 0.453 e. The summed E-state index contributed by atoms with van der Waals surface area (Å²) >= 11 is 0. The molecule has 0 atom stereocenters. The Hall–Kier alpha value is -3.57. The van der Waals surface area contributed by atoms with Gasteiger partial charge in [-0.25, -0.2) is 0 Å². The summed E-state index contributed by atoms with van der Waals surface area (Å²) < 4.78 is 55.9. The Bertz CT molecular complexity index is 1100. The lowest BCUT2D eigenvalue weighted by atomic mass is 9.97. The van der Waals surface area contributed by atoms with Crippen LogP contribution in [0.15, 0.2) is 36.4 Å². The maximum atomic E-state index is 13.1. The number of carbonyl (C=O) groups excluding carboxylic acids is 1. The molecule has 12 heteroatoms. The van der Waals surface area contributed by atoms with Gasteiger partial charge >= 0.3 is 12.1 Å². The van der Waals surface area contributed by atoms with Gasteiger partial charge in [0, 0.05) is 13.1 Å². The number of aromatic nitrogens is 4. The molecule has 1 aliphatic heterocycles. The van der Waals surface area contributed by atoms with Crippen LogP contribution < -0.4 is 14.4 Å². The highest BCUT2D eigenvalue weighted by Crippen LogP contribution is 2.29. The van der Waals surface area contributed by atoms with E-state index in [1.165, 1.54) is 6.07 Å². The number of methoxy groups -OCH3 is 1. The summed E-state index contributed by atoms with van der Waals surface area (Å²) in [5.74, 6) is -0.0347. The minimum Gasteiger partial charge on any atom is -0.497 e. The van der Waals surface area contributed by atoms with E-state index in [4.69, 9.17) is 14.2 Å². The van der Waals surface area contributed by atoms with E-state index in [0.29, 0.717) is 42.0 Å². The molecular formula is C21H22F3N5O4. The van der Waals surface area contributed by atoms with Crippen LogP contribution in [0.1, 0.15) is 18.7 Å². The van der Waals surface area contributed by atoms with Crippen molar-refractivity contribution >= 4 is 17.4 Å². The van der Waals surface area contributed by atoms with Crippen molar-refractivity contribution in [2.45, 2.75) is 19.0 Å². The minimum atomic E-state index is -4.65. The van der Waals surface area contributed by atoms with Gasteiger partial charge < -0.3 is 19.1 Å². The zero-order valence-corrected chi connectivity index (χ0v) is 17.8. The van der Waals surface area contributed by atoms with E-state index >= 15 is 0 Å². The molecule has 0 N–H and O–H groups in total. The molecule has 3 heterocycles. The average Bonchev–Trinajstić information content (AvgIpc) is 3.26. The maximum absolute atomic E-state index is 13.1. The number of hydrogen-bond acceptors (Lipinski definition) is 8. The number of esters is 1. The molecule has 176 valence electrons.